The number of sulfonamides is 1. The predicted octanol–water partition coefficient (Wildman–Crippen LogP) is 2.77. The molecule has 2 saturated heterocycles. The molecule has 2 aromatic carbocycles. The first kappa shape index (κ1) is 34.9. The molecule has 15 heteroatoms. The molecule has 3 aliphatic rings. The van der Waals surface area contributed by atoms with Gasteiger partial charge in [-0.2, -0.15) is 9.57 Å². The minimum Gasteiger partial charge on any atom is -0.497 e. The van der Waals surface area contributed by atoms with Crippen molar-refractivity contribution in [1.29, 1.82) is 5.26 Å². The number of nitrogens with zero attached hydrogens (tertiary/aromatic N) is 6. The molecule has 0 radical (unpaired) electrons. The molecule has 3 aliphatic heterocycles. The molecule has 3 amide bonds. The minimum absolute atomic E-state index is 0.0343. The summed E-state index contributed by atoms with van der Waals surface area (Å²) < 4.78 is 46.4. The Kier molecular flexibility index (Phi) is 9.88. The van der Waals surface area contributed by atoms with E-state index in [2.05, 4.69) is 33.2 Å². The average molecular weight is 704 g/mol. The van der Waals surface area contributed by atoms with E-state index in [-0.39, 0.29) is 45.5 Å². The summed E-state index contributed by atoms with van der Waals surface area (Å²) in [6.07, 6.45) is 2.99. The Labute approximate surface area is 292 Å². The number of anilines is 1. The third-order valence-corrected chi connectivity index (χ3v) is 11.4. The molecule has 3 aromatic rings. The van der Waals surface area contributed by atoms with Crippen LogP contribution < -0.4 is 23.8 Å². The second kappa shape index (κ2) is 14.1. The monoisotopic (exact) mass is 703 g/mol. The number of piperidine rings is 1. The second-order valence-electron chi connectivity index (χ2n) is 12.5. The Hall–Kier alpha value is -4.91. The number of hydrogen-bond acceptors (Lipinski definition) is 11. The van der Waals surface area contributed by atoms with E-state index in [1.807, 2.05) is 0 Å². The zero-order chi connectivity index (χ0) is 35.6. The van der Waals surface area contributed by atoms with Crippen LogP contribution in [-0.4, -0.2) is 113 Å². The number of fused-ring (bicyclic) bond motifs is 1. The Morgan fingerprint density at radius 2 is 1.76 bits per heavy atom. The maximum absolute atomic E-state index is 15.2. The van der Waals surface area contributed by atoms with Gasteiger partial charge in [0.1, 0.15) is 16.4 Å². The number of likely N-dealkylation sites (N-methyl/N-ethyl adjacent to an activating group) is 1. The van der Waals surface area contributed by atoms with Crippen molar-refractivity contribution < 1.29 is 32.2 Å². The zero-order valence-corrected chi connectivity index (χ0v) is 29.4. The summed E-state index contributed by atoms with van der Waals surface area (Å²) in [6.45, 7) is 6.72. The van der Waals surface area contributed by atoms with Crippen molar-refractivity contribution in [1.82, 2.24) is 25.0 Å². The standard InChI is InChI=1S/C35H41N7O7S/c1-5-49-32-27(7-6-14-37-32)35(38-34(44)41-15-12-25(13-16-41)40-19-17-39(2)18-20-40)28-21-24(23-36)8-10-29(28)42(33(35)43)50(45,46)31-11-9-26(47-3)22-30(31)48-4/h6-11,14,21-22,25H,5,12-13,15-20H2,1-4H3,(H,38,44)/t35-/m1/s1. The molecular formula is C35H41N7O7S. The number of nitriles is 1. The molecule has 0 aliphatic carbocycles. The average Bonchev–Trinajstić information content (AvgIpc) is 3.39. The van der Waals surface area contributed by atoms with Crippen LogP contribution >= 0.6 is 0 Å². The van der Waals surface area contributed by atoms with Gasteiger partial charge in [-0.3, -0.25) is 9.69 Å². The van der Waals surface area contributed by atoms with Crippen molar-refractivity contribution in [3.05, 3.63) is 71.4 Å². The van der Waals surface area contributed by atoms with E-state index in [1.54, 1.807) is 24.0 Å². The molecule has 1 N–H and O–H groups in total. The van der Waals surface area contributed by atoms with Crippen molar-refractivity contribution >= 4 is 27.6 Å². The lowest BCUT2D eigenvalue weighted by molar-refractivity contribution is -0.121. The van der Waals surface area contributed by atoms with Crippen molar-refractivity contribution in [3.63, 3.8) is 0 Å². The third-order valence-electron chi connectivity index (χ3n) is 9.70. The van der Waals surface area contributed by atoms with Gasteiger partial charge in [0, 0.05) is 63.1 Å². The molecule has 1 aromatic heterocycles. The van der Waals surface area contributed by atoms with Crippen LogP contribution in [0.25, 0.3) is 0 Å². The van der Waals surface area contributed by atoms with Crippen LogP contribution in [0.2, 0.25) is 0 Å². The first-order valence-electron chi connectivity index (χ1n) is 16.5. The van der Waals surface area contributed by atoms with Gasteiger partial charge in [-0.05, 0) is 69.3 Å². The number of carbonyl (C=O) groups excluding carboxylic acids is 2. The summed E-state index contributed by atoms with van der Waals surface area (Å²) in [5.74, 6) is -0.655. The van der Waals surface area contributed by atoms with Gasteiger partial charge in [0.05, 0.1) is 43.7 Å². The summed E-state index contributed by atoms with van der Waals surface area (Å²) in [7, 11) is 0.170. The maximum Gasteiger partial charge on any atom is 0.318 e. The number of urea groups is 1. The molecule has 1 atom stereocenters. The van der Waals surface area contributed by atoms with Gasteiger partial charge in [-0.25, -0.2) is 18.2 Å². The van der Waals surface area contributed by atoms with Crippen molar-refractivity contribution in [3.8, 4) is 23.4 Å². The second-order valence-corrected chi connectivity index (χ2v) is 14.2. The number of amides is 3. The number of carbonyl (C=O) groups is 2. The highest BCUT2D eigenvalue weighted by atomic mass is 32.2. The number of pyridine rings is 1. The fourth-order valence-corrected chi connectivity index (χ4v) is 8.63. The zero-order valence-electron chi connectivity index (χ0n) is 28.6. The quantitative estimate of drug-likeness (QED) is 0.350. The van der Waals surface area contributed by atoms with Crippen LogP contribution in [-0.2, 0) is 20.4 Å². The molecule has 6 rings (SSSR count). The van der Waals surface area contributed by atoms with Gasteiger partial charge in [0.25, 0.3) is 15.9 Å². The summed E-state index contributed by atoms with van der Waals surface area (Å²) in [4.78, 5) is 40.0. The Morgan fingerprint density at radius 1 is 1.02 bits per heavy atom. The van der Waals surface area contributed by atoms with Crippen LogP contribution in [0, 0.1) is 11.3 Å². The minimum atomic E-state index is -4.69. The molecule has 2 fully saturated rings. The Bertz CT molecular complexity index is 1920. The van der Waals surface area contributed by atoms with E-state index in [0.29, 0.717) is 29.2 Å². The van der Waals surface area contributed by atoms with Crippen LogP contribution in [0.3, 0.4) is 0 Å². The van der Waals surface area contributed by atoms with Crippen molar-refractivity contribution in [2.75, 3.05) is 71.4 Å². The SMILES string of the molecule is CCOc1ncccc1[C@]1(NC(=O)N2CCC(N3CCN(C)CC3)CC2)C(=O)N(S(=O)(=O)c2ccc(OC)cc2OC)c2ccc(C#N)cc21. The molecule has 0 spiro atoms. The number of nitrogens with one attached hydrogen (secondary N) is 1. The molecule has 0 unspecified atom stereocenters. The van der Waals surface area contributed by atoms with Crippen LogP contribution in [0.1, 0.15) is 36.5 Å². The number of aromatic nitrogens is 1. The van der Waals surface area contributed by atoms with E-state index in [4.69, 9.17) is 14.2 Å². The van der Waals surface area contributed by atoms with E-state index in [9.17, 15) is 18.5 Å². The number of piperazine rings is 1. The van der Waals surface area contributed by atoms with Gasteiger partial charge in [0.2, 0.25) is 5.88 Å². The highest BCUT2D eigenvalue weighted by molar-refractivity contribution is 7.93. The topological polar surface area (TPSA) is 158 Å². The third kappa shape index (κ3) is 6.08. The number of rotatable bonds is 9. The molecular weight excluding hydrogens is 662 g/mol. The normalized spacial score (nSPS) is 20.3. The number of benzene rings is 2. The number of hydrogen-bond donors (Lipinski definition) is 1. The van der Waals surface area contributed by atoms with E-state index >= 15 is 4.79 Å². The lowest BCUT2D eigenvalue weighted by Crippen LogP contribution is -2.59. The van der Waals surface area contributed by atoms with E-state index in [1.165, 1.54) is 56.8 Å². The summed E-state index contributed by atoms with van der Waals surface area (Å²) in [5, 5.41) is 12.9. The molecule has 14 nitrogen and oxygen atoms in total. The van der Waals surface area contributed by atoms with Gasteiger partial charge in [0.15, 0.2) is 5.54 Å². The summed E-state index contributed by atoms with van der Waals surface area (Å²) in [6, 6.07) is 13.4. The first-order valence-corrected chi connectivity index (χ1v) is 18.0. The molecule has 0 bridgehead atoms. The number of likely N-dealkylation sites (tertiary alicyclic amines) is 1. The van der Waals surface area contributed by atoms with Crippen molar-refractivity contribution in [2.24, 2.45) is 0 Å². The summed E-state index contributed by atoms with van der Waals surface area (Å²) in [5.41, 5.74) is -1.80. The van der Waals surface area contributed by atoms with E-state index < -0.39 is 27.5 Å². The fraction of sp³-hybridized carbons (Fsp3) is 0.429. The van der Waals surface area contributed by atoms with Crippen LogP contribution in [0.5, 0.6) is 17.4 Å². The molecule has 50 heavy (non-hydrogen) atoms. The highest BCUT2D eigenvalue weighted by Gasteiger charge is 2.59. The predicted molar refractivity (Wildman–Crippen MR) is 184 cm³/mol. The maximum atomic E-state index is 15.2. The van der Waals surface area contributed by atoms with Crippen LogP contribution in [0.15, 0.2) is 59.6 Å². The highest BCUT2D eigenvalue weighted by Crippen LogP contribution is 2.50. The molecule has 4 heterocycles. The number of ether oxygens (including phenoxy) is 3. The Balaban J connectivity index is 1.45. The van der Waals surface area contributed by atoms with Gasteiger partial charge >= 0.3 is 6.03 Å². The smallest absolute Gasteiger partial charge is 0.318 e. The summed E-state index contributed by atoms with van der Waals surface area (Å²) >= 11 is 0. The van der Waals surface area contributed by atoms with Crippen LogP contribution in [0.4, 0.5) is 10.5 Å². The Morgan fingerprint density at radius 3 is 2.42 bits per heavy atom. The van der Waals surface area contributed by atoms with E-state index in [0.717, 1.165) is 39.0 Å². The molecule has 264 valence electrons. The van der Waals surface area contributed by atoms with Gasteiger partial charge in [-0.15, -0.1) is 0 Å². The van der Waals surface area contributed by atoms with Crippen molar-refractivity contribution in [2.45, 2.75) is 36.2 Å². The van der Waals surface area contributed by atoms with Gasteiger partial charge in [-0.1, -0.05) is 0 Å². The lowest BCUT2D eigenvalue weighted by atomic mass is 9.83. The van der Waals surface area contributed by atoms with Gasteiger partial charge < -0.3 is 29.3 Å². The molecule has 0 saturated carbocycles. The number of methoxy groups -OCH3 is 2. The first-order chi connectivity index (χ1) is 24.1. The largest absolute Gasteiger partial charge is 0.497 e. The fourth-order valence-electron chi connectivity index (χ4n) is 7.02. The lowest BCUT2D eigenvalue weighted by Gasteiger charge is -2.42.